The molecule has 1 N–H and O–H groups in total. The van der Waals surface area contributed by atoms with Gasteiger partial charge in [0.2, 0.25) is 5.91 Å². The fourth-order valence-electron chi connectivity index (χ4n) is 1.98. The average molecular weight is 222 g/mol. The van der Waals surface area contributed by atoms with Gasteiger partial charge in [0.1, 0.15) is 5.76 Å². The zero-order valence-corrected chi connectivity index (χ0v) is 9.61. The predicted octanol–water partition coefficient (Wildman–Crippen LogP) is 1.20. The summed E-state index contributed by atoms with van der Waals surface area (Å²) in [6.07, 6.45) is 2.19. The van der Waals surface area contributed by atoms with Crippen molar-refractivity contribution < 1.29 is 9.21 Å². The van der Waals surface area contributed by atoms with E-state index in [4.69, 9.17) is 4.42 Å². The second-order valence-corrected chi connectivity index (χ2v) is 4.25. The average Bonchev–Trinajstić information content (AvgIpc) is 2.83. The molecule has 1 aliphatic rings. The minimum atomic E-state index is 0.164. The van der Waals surface area contributed by atoms with Crippen LogP contribution >= 0.6 is 0 Å². The Morgan fingerprint density at radius 3 is 2.94 bits per heavy atom. The number of amides is 1. The number of carbonyl (C=O) groups is 1. The number of hydrogen-bond acceptors (Lipinski definition) is 3. The normalized spacial score (nSPS) is 18.4. The Labute approximate surface area is 95.6 Å². The van der Waals surface area contributed by atoms with Crippen molar-refractivity contribution in [3.05, 3.63) is 24.2 Å². The molecule has 0 bridgehead atoms. The third kappa shape index (κ3) is 2.64. The van der Waals surface area contributed by atoms with Gasteiger partial charge in [-0.3, -0.25) is 4.79 Å². The van der Waals surface area contributed by atoms with Crippen LogP contribution in [0.25, 0.3) is 0 Å². The van der Waals surface area contributed by atoms with E-state index in [1.807, 2.05) is 24.0 Å². The smallest absolute Gasteiger partial charge is 0.223 e. The van der Waals surface area contributed by atoms with Crippen molar-refractivity contribution in [2.75, 3.05) is 26.2 Å². The predicted molar refractivity (Wildman–Crippen MR) is 61.2 cm³/mol. The molecule has 2 rings (SSSR count). The number of nitrogens with one attached hydrogen (secondary N) is 1. The van der Waals surface area contributed by atoms with Crippen LogP contribution in [0.1, 0.15) is 25.0 Å². The largest absolute Gasteiger partial charge is 0.469 e. The highest BCUT2D eigenvalue weighted by Gasteiger charge is 2.20. The molecule has 1 aromatic heterocycles. The number of carbonyl (C=O) groups excluding carboxylic acids is 1. The van der Waals surface area contributed by atoms with Gasteiger partial charge in [-0.15, -0.1) is 0 Å². The van der Waals surface area contributed by atoms with E-state index in [-0.39, 0.29) is 11.8 Å². The molecule has 4 heteroatoms. The van der Waals surface area contributed by atoms with Crippen LogP contribution in [0, 0.1) is 0 Å². The molecular weight excluding hydrogens is 204 g/mol. The molecule has 1 fully saturated rings. The van der Waals surface area contributed by atoms with Crippen molar-refractivity contribution in [1.29, 1.82) is 0 Å². The fraction of sp³-hybridized carbons (Fsp3) is 0.583. The zero-order chi connectivity index (χ0) is 11.4. The van der Waals surface area contributed by atoms with E-state index in [0.717, 1.165) is 31.9 Å². The van der Waals surface area contributed by atoms with Gasteiger partial charge in [-0.1, -0.05) is 6.92 Å². The van der Waals surface area contributed by atoms with Gasteiger partial charge in [-0.2, -0.15) is 0 Å². The lowest BCUT2D eigenvalue weighted by Crippen LogP contribution is -2.46. The molecule has 88 valence electrons. The molecule has 0 aromatic carbocycles. The summed E-state index contributed by atoms with van der Waals surface area (Å²) in [5, 5.41) is 3.24. The maximum atomic E-state index is 12.0. The first-order valence-electron chi connectivity index (χ1n) is 5.79. The molecule has 1 amide bonds. The van der Waals surface area contributed by atoms with E-state index in [1.165, 1.54) is 0 Å². The second kappa shape index (κ2) is 5.16. The van der Waals surface area contributed by atoms with Crippen molar-refractivity contribution in [3.63, 3.8) is 0 Å². The molecule has 4 nitrogen and oxygen atoms in total. The fourth-order valence-corrected chi connectivity index (χ4v) is 1.98. The van der Waals surface area contributed by atoms with Gasteiger partial charge < -0.3 is 14.6 Å². The molecule has 2 heterocycles. The van der Waals surface area contributed by atoms with Gasteiger partial charge in [-0.05, 0) is 12.1 Å². The molecule has 0 spiro atoms. The third-order valence-corrected chi connectivity index (χ3v) is 2.98. The molecule has 16 heavy (non-hydrogen) atoms. The van der Waals surface area contributed by atoms with Crippen LogP contribution in [0.2, 0.25) is 0 Å². The molecule has 1 unspecified atom stereocenters. The highest BCUT2D eigenvalue weighted by atomic mass is 16.3. The van der Waals surface area contributed by atoms with Crippen molar-refractivity contribution in [3.8, 4) is 0 Å². The molecule has 0 radical (unpaired) electrons. The molecular formula is C12H18N2O2. The van der Waals surface area contributed by atoms with Gasteiger partial charge in [0.25, 0.3) is 0 Å². The van der Waals surface area contributed by atoms with Crippen LogP contribution in [0.5, 0.6) is 0 Å². The summed E-state index contributed by atoms with van der Waals surface area (Å²) in [4.78, 5) is 13.9. The summed E-state index contributed by atoms with van der Waals surface area (Å²) in [6, 6.07) is 3.79. The summed E-state index contributed by atoms with van der Waals surface area (Å²) < 4.78 is 5.30. The Hall–Kier alpha value is -1.29. The van der Waals surface area contributed by atoms with E-state index in [0.29, 0.717) is 6.42 Å². The maximum absolute atomic E-state index is 12.0. The van der Waals surface area contributed by atoms with E-state index in [1.54, 1.807) is 6.26 Å². The van der Waals surface area contributed by atoms with Crippen molar-refractivity contribution in [1.82, 2.24) is 10.2 Å². The summed E-state index contributed by atoms with van der Waals surface area (Å²) in [5.41, 5.74) is 0. The van der Waals surface area contributed by atoms with Crippen LogP contribution in [-0.4, -0.2) is 37.0 Å². The van der Waals surface area contributed by atoms with E-state index in [9.17, 15) is 4.79 Å². The SMILES string of the molecule is CC(CC(=O)N1CCNCC1)c1ccco1. The molecule has 1 aromatic rings. The van der Waals surface area contributed by atoms with Crippen molar-refractivity contribution >= 4 is 5.91 Å². The van der Waals surface area contributed by atoms with Crippen LogP contribution in [0.3, 0.4) is 0 Å². The van der Waals surface area contributed by atoms with Gasteiger partial charge in [0.05, 0.1) is 6.26 Å². The summed E-state index contributed by atoms with van der Waals surface area (Å²) in [7, 11) is 0. The van der Waals surface area contributed by atoms with E-state index >= 15 is 0 Å². The molecule has 0 aliphatic carbocycles. The Kier molecular flexibility index (Phi) is 3.62. The van der Waals surface area contributed by atoms with Crippen LogP contribution in [0.15, 0.2) is 22.8 Å². The minimum Gasteiger partial charge on any atom is -0.469 e. The number of nitrogens with zero attached hydrogens (tertiary/aromatic N) is 1. The first kappa shape index (κ1) is 11.2. The Morgan fingerprint density at radius 2 is 2.31 bits per heavy atom. The van der Waals surface area contributed by atoms with Gasteiger partial charge in [0, 0.05) is 38.5 Å². The molecule has 0 saturated carbocycles. The van der Waals surface area contributed by atoms with Crippen LogP contribution in [-0.2, 0) is 4.79 Å². The quantitative estimate of drug-likeness (QED) is 0.836. The Morgan fingerprint density at radius 1 is 1.56 bits per heavy atom. The number of hydrogen-bond donors (Lipinski definition) is 1. The number of piperazine rings is 1. The number of rotatable bonds is 3. The van der Waals surface area contributed by atoms with E-state index < -0.39 is 0 Å². The van der Waals surface area contributed by atoms with Gasteiger partial charge in [0.15, 0.2) is 0 Å². The van der Waals surface area contributed by atoms with Gasteiger partial charge in [-0.25, -0.2) is 0 Å². The van der Waals surface area contributed by atoms with Crippen LogP contribution in [0.4, 0.5) is 0 Å². The minimum absolute atomic E-state index is 0.164. The third-order valence-electron chi connectivity index (χ3n) is 2.98. The summed E-state index contributed by atoms with van der Waals surface area (Å²) >= 11 is 0. The van der Waals surface area contributed by atoms with Gasteiger partial charge >= 0.3 is 0 Å². The van der Waals surface area contributed by atoms with Crippen LogP contribution < -0.4 is 5.32 Å². The lowest BCUT2D eigenvalue weighted by atomic mass is 10.0. The first-order chi connectivity index (χ1) is 7.77. The maximum Gasteiger partial charge on any atom is 0.223 e. The lowest BCUT2D eigenvalue weighted by molar-refractivity contribution is -0.132. The summed E-state index contributed by atoms with van der Waals surface area (Å²) in [5.74, 6) is 1.28. The Bertz CT molecular complexity index is 329. The molecule has 1 saturated heterocycles. The summed E-state index contributed by atoms with van der Waals surface area (Å²) in [6.45, 7) is 5.48. The second-order valence-electron chi connectivity index (χ2n) is 4.25. The van der Waals surface area contributed by atoms with Crippen molar-refractivity contribution in [2.24, 2.45) is 0 Å². The molecule has 1 atom stereocenters. The Balaban J connectivity index is 1.86. The first-order valence-corrected chi connectivity index (χ1v) is 5.79. The monoisotopic (exact) mass is 222 g/mol. The molecule has 1 aliphatic heterocycles. The van der Waals surface area contributed by atoms with E-state index in [2.05, 4.69) is 5.32 Å². The number of furan rings is 1. The topological polar surface area (TPSA) is 45.5 Å². The lowest BCUT2D eigenvalue weighted by Gasteiger charge is -2.28. The zero-order valence-electron chi connectivity index (χ0n) is 9.61. The standard InChI is InChI=1S/C12H18N2O2/c1-10(11-3-2-8-16-11)9-12(15)14-6-4-13-5-7-14/h2-3,8,10,13H,4-7,9H2,1H3. The highest BCUT2D eigenvalue weighted by molar-refractivity contribution is 5.77. The van der Waals surface area contributed by atoms with Crippen molar-refractivity contribution in [2.45, 2.75) is 19.3 Å². The highest BCUT2D eigenvalue weighted by Crippen LogP contribution is 2.20.